The molecule has 0 spiro atoms. The maximum absolute atomic E-state index is 12.7. The number of carbonyl (C=O) groups excluding carboxylic acids is 3. The van der Waals surface area contributed by atoms with Crippen LogP contribution in [0.15, 0.2) is 29.2 Å². The van der Waals surface area contributed by atoms with E-state index in [9.17, 15) is 27.6 Å². The lowest BCUT2D eigenvalue weighted by Gasteiger charge is -2.27. The van der Waals surface area contributed by atoms with Crippen LogP contribution in [0.5, 0.6) is 0 Å². The second kappa shape index (κ2) is 10.3. The molecule has 0 radical (unpaired) electrons. The van der Waals surface area contributed by atoms with E-state index in [1.54, 1.807) is 18.7 Å². The smallest absolute Gasteiger partial charge is 0.475 e. The molecule has 2 amide bonds. The Hall–Kier alpha value is -2.60. The number of fused-ring (bicyclic) bond motifs is 1. The monoisotopic (exact) mass is 504 g/mol. The van der Waals surface area contributed by atoms with E-state index in [2.05, 4.69) is 19.2 Å². The zero-order valence-corrected chi connectivity index (χ0v) is 20.1. The maximum atomic E-state index is 12.7. The zero-order chi connectivity index (χ0) is 26.0. The fourth-order valence-corrected chi connectivity index (χ4v) is 4.96. The second-order valence-corrected chi connectivity index (χ2v) is 9.78. The Morgan fingerprint density at radius 1 is 1.24 bits per heavy atom. The van der Waals surface area contributed by atoms with Gasteiger partial charge in [0.05, 0.1) is 18.9 Å². The predicted molar refractivity (Wildman–Crippen MR) is 117 cm³/mol. The minimum absolute atomic E-state index is 0.256. The molecule has 2 saturated heterocycles. The van der Waals surface area contributed by atoms with Crippen LogP contribution in [-0.4, -0.2) is 64.9 Å². The number of likely N-dealkylation sites (tertiary alicyclic amines) is 1. The number of carbonyl (C=O) groups is 4. The number of benzene rings is 1. The number of nitrogens with one attached hydrogen (secondary N) is 1. The Balaban J connectivity index is 0.000000509. The van der Waals surface area contributed by atoms with E-state index in [4.69, 9.17) is 14.6 Å². The van der Waals surface area contributed by atoms with Crippen molar-refractivity contribution in [1.82, 2.24) is 10.2 Å². The van der Waals surface area contributed by atoms with Crippen LogP contribution in [0.2, 0.25) is 0 Å². The summed E-state index contributed by atoms with van der Waals surface area (Å²) in [7, 11) is 2.77. The van der Waals surface area contributed by atoms with Crippen LogP contribution >= 0.6 is 11.8 Å². The fourth-order valence-electron chi connectivity index (χ4n) is 4.04. The molecule has 2 aliphatic heterocycles. The number of amides is 2. The van der Waals surface area contributed by atoms with Gasteiger partial charge in [0.2, 0.25) is 11.8 Å². The number of methoxy groups -OCH3 is 1. The Bertz CT molecular complexity index is 955. The van der Waals surface area contributed by atoms with Crippen LogP contribution in [0.25, 0.3) is 0 Å². The van der Waals surface area contributed by atoms with Crippen LogP contribution in [0.4, 0.5) is 13.2 Å². The highest BCUT2D eigenvalue weighted by Gasteiger charge is 2.66. The summed E-state index contributed by atoms with van der Waals surface area (Å²) in [4.78, 5) is 49.1. The van der Waals surface area contributed by atoms with Gasteiger partial charge in [-0.15, -0.1) is 11.8 Å². The quantitative estimate of drug-likeness (QED) is 0.358. The number of nitrogens with zero attached hydrogens (tertiary/aromatic N) is 1. The van der Waals surface area contributed by atoms with E-state index in [1.807, 2.05) is 24.3 Å². The lowest BCUT2D eigenvalue weighted by atomic mass is 9.80. The van der Waals surface area contributed by atoms with E-state index < -0.39 is 41.5 Å². The van der Waals surface area contributed by atoms with Gasteiger partial charge in [-0.2, -0.15) is 13.2 Å². The number of thioether (sulfide) groups is 1. The van der Waals surface area contributed by atoms with Gasteiger partial charge in [-0.25, -0.2) is 4.79 Å². The number of imide groups is 1. The van der Waals surface area contributed by atoms with Crippen LogP contribution in [0, 0.1) is 11.8 Å². The number of ether oxygens (including phenoxy) is 1. The van der Waals surface area contributed by atoms with Crippen molar-refractivity contribution >= 4 is 35.5 Å². The van der Waals surface area contributed by atoms with Gasteiger partial charge in [-0.1, -0.05) is 26.0 Å². The Labute approximate surface area is 199 Å². The van der Waals surface area contributed by atoms with Gasteiger partial charge in [-0.3, -0.25) is 24.6 Å². The van der Waals surface area contributed by atoms with E-state index >= 15 is 0 Å². The SMILES string of the molecule is CCC(C)Sc1ccc([C@H]2N[C@@](C)(C(=O)OC)[C@H]3C(=O)N(C)C(=O)[C@@H]23)cc1.O=C(O)C(F)(F)F. The van der Waals surface area contributed by atoms with Gasteiger partial charge in [0.25, 0.3) is 0 Å². The number of aliphatic carboxylic acids is 1. The van der Waals surface area contributed by atoms with E-state index in [0.717, 1.165) is 21.8 Å². The number of rotatable bonds is 5. The van der Waals surface area contributed by atoms with Crippen molar-refractivity contribution in [3.05, 3.63) is 29.8 Å². The highest BCUT2D eigenvalue weighted by molar-refractivity contribution is 7.99. The van der Waals surface area contributed by atoms with Crippen molar-refractivity contribution in [2.45, 2.75) is 55.1 Å². The van der Waals surface area contributed by atoms with Gasteiger partial charge in [-0.05, 0) is 31.0 Å². The lowest BCUT2D eigenvalue weighted by molar-refractivity contribution is -0.192. The molecule has 188 valence electrons. The third-order valence-electron chi connectivity index (χ3n) is 6.01. The average Bonchev–Trinajstić information content (AvgIpc) is 3.22. The molecule has 1 unspecified atom stereocenters. The number of carboxylic acids is 1. The summed E-state index contributed by atoms with van der Waals surface area (Å²) in [6.45, 7) is 5.98. The first-order valence-corrected chi connectivity index (χ1v) is 11.3. The van der Waals surface area contributed by atoms with E-state index in [0.29, 0.717) is 5.25 Å². The molecular formula is C22H27F3N2O6S. The van der Waals surface area contributed by atoms with Crippen molar-refractivity contribution < 1.29 is 42.2 Å². The molecule has 1 aromatic rings. The lowest BCUT2D eigenvalue weighted by Crippen LogP contribution is -2.53. The fraction of sp³-hybridized carbons (Fsp3) is 0.545. The van der Waals surface area contributed by atoms with Gasteiger partial charge in [0.15, 0.2) is 0 Å². The summed E-state index contributed by atoms with van der Waals surface area (Å²) in [5.74, 6) is -5.25. The van der Waals surface area contributed by atoms with Gasteiger partial charge >= 0.3 is 18.1 Å². The number of hydrogen-bond acceptors (Lipinski definition) is 7. The molecule has 0 aliphatic carbocycles. The summed E-state index contributed by atoms with van der Waals surface area (Å²) in [5.41, 5.74) is -0.339. The van der Waals surface area contributed by atoms with Crippen LogP contribution in [-0.2, 0) is 23.9 Å². The van der Waals surface area contributed by atoms with Crippen LogP contribution in [0.1, 0.15) is 38.8 Å². The van der Waals surface area contributed by atoms with Crippen molar-refractivity contribution in [2.75, 3.05) is 14.2 Å². The second-order valence-electron chi connectivity index (χ2n) is 8.26. The van der Waals surface area contributed by atoms with Crippen LogP contribution < -0.4 is 5.32 Å². The minimum Gasteiger partial charge on any atom is -0.475 e. The first-order chi connectivity index (χ1) is 15.7. The standard InChI is InChI=1S/C20H26N2O4S.C2HF3O2/c1-6-11(2)27-13-9-7-12(8-10-13)16-14-15(18(24)22(4)17(14)23)20(3,21-16)19(25)26-5;3-2(4,5)1(6)7/h7-11,14-16,21H,6H2,1-5H3;(H,6,7)/t11?,14-,15-,16-,20-;/m1./s1. The first kappa shape index (κ1) is 27.6. The topological polar surface area (TPSA) is 113 Å². The third-order valence-corrected chi connectivity index (χ3v) is 7.29. The number of halogens is 3. The molecule has 8 nitrogen and oxygen atoms in total. The Morgan fingerprint density at radius 2 is 1.76 bits per heavy atom. The number of carboxylic acid groups (broad SMARTS) is 1. The van der Waals surface area contributed by atoms with Crippen molar-refractivity contribution in [3.8, 4) is 0 Å². The zero-order valence-electron chi connectivity index (χ0n) is 19.3. The Kier molecular flexibility index (Phi) is 8.41. The molecule has 2 heterocycles. The molecule has 0 bridgehead atoms. The molecule has 2 N–H and O–H groups in total. The first-order valence-electron chi connectivity index (χ1n) is 10.4. The van der Waals surface area contributed by atoms with Gasteiger partial charge in [0.1, 0.15) is 5.54 Å². The van der Waals surface area contributed by atoms with E-state index in [-0.39, 0.29) is 11.8 Å². The van der Waals surface area contributed by atoms with Gasteiger partial charge in [0, 0.05) is 23.2 Å². The van der Waals surface area contributed by atoms with Crippen molar-refractivity contribution in [3.63, 3.8) is 0 Å². The molecule has 0 saturated carbocycles. The third kappa shape index (κ3) is 5.38. The Morgan fingerprint density at radius 3 is 2.21 bits per heavy atom. The molecule has 5 atom stereocenters. The molecule has 0 aromatic heterocycles. The van der Waals surface area contributed by atoms with Crippen molar-refractivity contribution in [2.24, 2.45) is 11.8 Å². The normalized spacial score (nSPS) is 27.1. The van der Waals surface area contributed by atoms with Gasteiger partial charge < -0.3 is 9.84 Å². The average molecular weight is 505 g/mol. The van der Waals surface area contributed by atoms with E-state index in [1.165, 1.54) is 14.2 Å². The highest BCUT2D eigenvalue weighted by Crippen LogP contribution is 2.48. The number of esters is 1. The van der Waals surface area contributed by atoms with Crippen LogP contribution in [0.3, 0.4) is 0 Å². The highest BCUT2D eigenvalue weighted by atomic mass is 32.2. The molecular weight excluding hydrogens is 477 g/mol. The predicted octanol–water partition coefficient (Wildman–Crippen LogP) is 3.02. The summed E-state index contributed by atoms with van der Waals surface area (Å²) in [6, 6.07) is 7.59. The molecule has 34 heavy (non-hydrogen) atoms. The van der Waals surface area contributed by atoms with Crippen molar-refractivity contribution in [1.29, 1.82) is 0 Å². The minimum atomic E-state index is -5.08. The number of hydrogen-bond donors (Lipinski definition) is 2. The molecule has 1 aromatic carbocycles. The summed E-state index contributed by atoms with van der Waals surface area (Å²) < 4.78 is 36.7. The maximum Gasteiger partial charge on any atom is 0.490 e. The summed E-state index contributed by atoms with van der Waals surface area (Å²) >= 11 is 1.80. The summed E-state index contributed by atoms with van der Waals surface area (Å²) in [6.07, 6.45) is -4.00. The summed E-state index contributed by atoms with van der Waals surface area (Å²) in [5, 5.41) is 10.9. The number of alkyl halides is 3. The molecule has 12 heteroatoms. The molecule has 2 aliphatic rings. The molecule has 2 fully saturated rings. The molecule has 3 rings (SSSR count). The largest absolute Gasteiger partial charge is 0.490 e.